The zero-order valence-electron chi connectivity index (χ0n) is 12.7. The van der Waals surface area contributed by atoms with Crippen LogP contribution in [-0.2, 0) is 29.2 Å². The molecule has 0 N–H and O–H groups in total. The Balaban J connectivity index is 1.39. The van der Waals surface area contributed by atoms with Crippen LogP contribution in [0.3, 0.4) is 0 Å². The minimum absolute atomic E-state index is 0.493. The van der Waals surface area contributed by atoms with Gasteiger partial charge < -0.3 is 9.47 Å². The first kappa shape index (κ1) is 15.1. The molecule has 0 radical (unpaired) electrons. The number of morpholine rings is 1. The summed E-state index contributed by atoms with van der Waals surface area (Å²) in [5, 5.41) is 8.31. The van der Waals surface area contributed by atoms with E-state index in [1.165, 1.54) is 5.56 Å². The van der Waals surface area contributed by atoms with Gasteiger partial charge in [-0.1, -0.05) is 35.5 Å². The van der Waals surface area contributed by atoms with Gasteiger partial charge in [0.15, 0.2) is 0 Å². The fraction of sp³-hybridized carbons (Fsp3) is 0.500. The van der Waals surface area contributed by atoms with Crippen LogP contribution in [0.15, 0.2) is 36.5 Å². The third-order valence-corrected chi connectivity index (χ3v) is 3.70. The first-order chi connectivity index (χ1) is 10.9. The Morgan fingerprint density at radius 1 is 1.05 bits per heavy atom. The maximum atomic E-state index is 5.67. The third-order valence-electron chi connectivity index (χ3n) is 3.70. The quantitative estimate of drug-likeness (QED) is 0.772. The molecule has 118 valence electrons. The number of nitrogens with zero attached hydrogens (tertiary/aromatic N) is 4. The lowest BCUT2D eigenvalue weighted by Crippen LogP contribution is -2.38. The number of ether oxygens (including phenoxy) is 2. The molecular formula is C16H22N4O2. The Morgan fingerprint density at radius 2 is 1.86 bits per heavy atom. The highest BCUT2D eigenvalue weighted by atomic mass is 16.5. The van der Waals surface area contributed by atoms with E-state index in [1.54, 1.807) is 0 Å². The van der Waals surface area contributed by atoms with Crippen LogP contribution < -0.4 is 0 Å². The van der Waals surface area contributed by atoms with Crippen LogP contribution in [0.1, 0.15) is 11.3 Å². The number of benzene rings is 1. The predicted molar refractivity (Wildman–Crippen MR) is 82.2 cm³/mol. The highest BCUT2D eigenvalue weighted by Gasteiger charge is 2.10. The Morgan fingerprint density at radius 3 is 2.68 bits per heavy atom. The Labute approximate surface area is 130 Å². The van der Waals surface area contributed by atoms with Gasteiger partial charge in [-0.3, -0.25) is 9.58 Å². The van der Waals surface area contributed by atoms with Crippen molar-refractivity contribution < 1.29 is 9.47 Å². The van der Waals surface area contributed by atoms with Crippen molar-refractivity contribution in [1.82, 2.24) is 19.9 Å². The average molecular weight is 302 g/mol. The summed E-state index contributed by atoms with van der Waals surface area (Å²) < 4.78 is 12.9. The topological polar surface area (TPSA) is 52.4 Å². The van der Waals surface area contributed by atoms with Gasteiger partial charge in [0.2, 0.25) is 0 Å². The van der Waals surface area contributed by atoms with E-state index in [1.807, 2.05) is 29.1 Å². The first-order valence-electron chi connectivity index (χ1n) is 7.71. The zero-order valence-corrected chi connectivity index (χ0v) is 12.7. The monoisotopic (exact) mass is 302 g/mol. The molecule has 22 heavy (non-hydrogen) atoms. The molecule has 1 aliphatic rings. The molecule has 0 spiro atoms. The van der Waals surface area contributed by atoms with Crippen molar-refractivity contribution in [3.63, 3.8) is 0 Å². The van der Waals surface area contributed by atoms with Crippen molar-refractivity contribution in [3.8, 4) is 0 Å². The molecule has 0 aliphatic carbocycles. The second kappa shape index (κ2) is 8.03. The average Bonchev–Trinajstić information content (AvgIpc) is 3.03. The normalized spacial score (nSPS) is 16.0. The lowest BCUT2D eigenvalue weighted by molar-refractivity contribution is 0.0359. The summed E-state index contributed by atoms with van der Waals surface area (Å²) in [4.78, 5) is 2.39. The Bertz CT molecular complexity index is 552. The molecule has 1 aromatic carbocycles. The molecule has 1 aliphatic heterocycles. The van der Waals surface area contributed by atoms with Crippen molar-refractivity contribution >= 4 is 0 Å². The molecule has 1 aromatic heterocycles. The van der Waals surface area contributed by atoms with E-state index in [0.29, 0.717) is 13.2 Å². The minimum Gasteiger partial charge on any atom is -0.379 e. The molecule has 2 aromatic rings. The van der Waals surface area contributed by atoms with E-state index in [4.69, 9.17) is 9.47 Å². The highest BCUT2D eigenvalue weighted by Crippen LogP contribution is 2.04. The van der Waals surface area contributed by atoms with Gasteiger partial charge in [-0.15, -0.1) is 5.10 Å². The van der Waals surface area contributed by atoms with Gasteiger partial charge in [0.25, 0.3) is 0 Å². The summed E-state index contributed by atoms with van der Waals surface area (Å²) in [5.74, 6) is 0. The molecule has 2 heterocycles. The standard InChI is InChI=1S/C16H22N4O2/c1-2-4-15(5-3-1)13-22-14-16-12-20(18-17-16)7-6-19-8-10-21-11-9-19/h1-5,12H,6-11,13-14H2. The lowest BCUT2D eigenvalue weighted by Gasteiger charge is -2.26. The molecular weight excluding hydrogens is 280 g/mol. The highest BCUT2D eigenvalue weighted by molar-refractivity contribution is 5.13. The van der Waals surface area contributed by atoms with E-state index in [0.717, 1.165) is 45.1 Å². The summed E-state index contributed by atoms with van der Waals surface area (Å²) >= 11 is 0. The first-order valence-corrected chi connectivity index (χ1v) is 7.71. The summed E-state index contributed by atoms with van der Waals surface area (Å²) in [6.45, 7) is 6.59. The van der Waals surface area contributed by atoms with Crippen LogP contribution in [0.4, 0.5) is 0 Å². The number of hydrogen-bond acceptors (Lipinski definition) is 5. The summed E-state index contributed by atoms with van der Waals surface area (Å²) in [7, 11) is 0. The fourth-order valence-electron chi connectivity index (χ4n) is 2.43. The molecule has 0 bridgehead atoms. The van der Waals surface area contributed by atoms with Crippen molar-refractivity contribution in [3.05, 3.63) is 47.8 Å². The van der Waals surface area contributed by atoms with Gasteiger partial charge in [0.1, 0.15) is 5.69 Å². The van der Waals surface area contributed by atoms with Crippen LogP contribution in [-0.4, -0.2) is 52.7 Å². The van der Waals surface area contributed by atoms with Gasteiger partial charge in [0, 0.05) is 19.6 Å². The SMILES string of the molecule is c1ccc(COCc2cn(CCN3CCOCC3)nn2)cc1. The van der Waals surface area contributed by atoms with Gasteiger partial charge in [-0.2, -0.15) is 0 Å². The van der Waals surface area contributed by atoms with Crippen LogP contribution in [0.25, 0.3) is 0 Å². The molecule has 0 saturated carbocycles. The van der Waals surface area contributed by atoms with Crippen LogP contribution >= 0.6 is 0 Å². The molecule has 1 fully saturated rings. The molecule has 6 heteroatoms. The van der Waals surface area contributed by atoms with E-state index in [2.05, 4.69) is 27.3 Å². The third kappa shape index (κ3) is 4.62. The van der Waals surface area contributed by atoms with Crippen molar-refractivity contribution in [2.75, 3.05) is 32.8 Å². The van der Waals surface area contributed by atoms with Crippen molar-refractivity contribution in [1.29, 1.82) is 0 Å². The molecule has 6 nitrogen and oxygen atoms in total. The number of hydrogen-bond donors (Lipinski definition) is 0. The summed E-state index contributed by atoms with van der Waals surface area (Å²) in [6.07, 6.45) is 1.96. The van der Waals surface area contributed by atoms with E-state index in [9.17, 15) is 0 Å². The molecule has 3 rings (SSSR count). The Hall–Kier alpha value is -1.76. The Kier molecular flexibility index (Phi) is 5.53. The molecule has 0 unspecified atom stereocenters. The fourth-order valence-corrected chi connectivity index (χ4v) is 2.43. The van der Waals surface area contributed by atoms with Gasteiger partial charge in [-0.05, 0) is 5.56 Å². The van der Waals surface area contributed by atoms with Gasteiger partial charge >= 0.3 is 0 Å². The maximum Gasteiger partial charge on any atom is 0.108 e. The van der Waals surface area contributed by atoms with Crippen LogP contribution in [0, 0.1) is 0 Å². The predicted octanol–water partition coefficient (Wildman–Crippen LogP) is 1.33. The molecule has 0 atom stereocenters. The van der Waals surface area contributed by atoms with Crippen molar-refractivity contribution in [2.45, 2.75) is 19.8 Å². The largest absolute Gasteiger partial charge is 0.379 e. The smallest absolute Gasteiger partial charge is 0.108 e. The zero-order chi connectivity index (χ0) is 15.0. The minimum atomic E-state index is 0.493. The second-order valence-electron chi connectivity index (χ2n) is 5.41. The summed E-state index contributed by atoms with van der Waals surface area (Å²) in [6, 6.07) is 10.1. The summed E-state index contributed by atoms with van der Waals surface area (Å²) in [5.41, 5.74) is 2.04. The van der Waals surface area contributed by atoms with E-state index >= 15 is 0 Å². The maximum absolute atomic E-state index is 5.67. The van der Waals surface area contributed by atoms with Crippen LogP contribution in [0.2, 0.25) is 0 Å². The van der Waals surface area contributed by atoms with Crippen molar-refractivity contribution in [2.24, 2.45) is 0 Å². The van der Waals surface area contributed by atoms with Gasteiger partial charge in [-0.25, -0.2) is 0 Å². The van der Waals surface area contributed by atoms with Gasteiger partial charge in [0.05, 0.1) is 39.2 Å². The molecule has 0 amide bonds. The second-order valence-corrected chi connectivity index (χ2v) is 5.41. The number of rotatable bonds is 7. The van der Waals surface area contributed by atoms with E-state index < -0.39 is 0 Å². The number of aromatic nitrogens is 3. The molecule has 1 saturated heterocycles. The van der Waals surface area contributed by atoms with E-state index in [-0.39, 0.29) is 0 Å². The van der Waals surface area contributed by atoms with Crippen LogP contribution in [0.5, 0.6) is 0 Å². The lowest BCUT2D eigenvalue weighted by atomic mass is 10.2.